The minimum absolute atomic E-state index is 0.184. The number of nitrogens with two attached hydrogens (primary N) is 2. The second-order valence-corrected chi connectivity index (χ2v) is 3.85. The van der Waals surface area contributed by atoms with Gasteiger partial charge in [-0.1, -0.05) is 0 Å². The van der Waals surface area contributed by atoms with Crippen LogP contribution in [0.15, 0.2) is 4.99 Å². The van der Waals surface area contributed by atoms with E-state index >= 15 is 0 Å². The molecule has 0 aromatic rings. The largest absolute Gasteiger partial charge is 0.480 e. The highest BCUT2D eigenvalue weighted by atomic mass is 16.5. The van der Waals surface area contributed by atoms with Crippen LogP contribution in [0.4, 0.5) is 0 Å². The second kappa shape index (κ2) is 8.77. The Morgan fingerprint density at radius 1 is 1.53 bits per heavy atom. The first-order valence-corrected chi connectivity index (χ1v) is 5.57. The van der Waals surface area contributed by atoms with Crippen LogP contribution in [0.2, 0.25) is 0 Å². The van der Waals surface area contributed by atoms with Crippen molar-refractivity contribution in [3.05, 3.63) is 0 Å². The number of guanidine groups is 1. The second-order valence-electron chi connectivity index (χ2n) is 3.85. The molecule has 7 heteroatoms. The molecule has 0 saturated carbocycles. The topological polar surface area (TPSA) is 123 Å². The molecule has 0 saturated heterocycles. The monoisotopic (exact) mass is 246 g/mol. The van der Waals surface area contributed by atoms with Crippen molar-refractivity contribution < 1.29 is 14.6 Å². The average molecular weight is 246 g/mol. The highest BCUT2D eigenvalue weighted by Gasteiger charge is 2.09. The van der Waals surface area contributed by atoms with E-state index < -0.39 is 12.0 Å². The van der Waals surface area contributed by atoms with Gasteiger partial charge in [-0.3, -0.25) is 9.79 Å². The quantitative estimate of drug-likeness (QED) is 0.250. The zero-order valence-electron chi connectivity index (χ0n) is 10.3. The van der Waals surface area contributed by atoms with Gasteiger partial charge >= 0.3 is 5.97 Å². The van der Waals surface area contributed by atoms with Gasteiger partial charge in [-0.25, -0.2) is 0 Å². The van der Waals surface area contributed by atoms with Crippen molar-refractivity contribution >= 4 is 11.9 Å². The van der Waals surface area contributed by atoms with E-state index in [9.17, 15) is 4.79 Å². The third-order valence-corrected chi connectivity index (χ3v) is 1.90. The van der Waals surface area contributed by atoms with E-state index in [4.69, 9.17) is 21.3 Å². The normalized spacial score (nSPS) is 13.8. The van der Waals surface area contributed by atoms with Gasteiger partial charge in [0.15, 0.2) is 5.96 Å². The van der Waals surface area contributed by atoms with Crippen LogP contribution in [0.25, 0.3) is 0 Å². The van der Waals surface area contributed by atoms with E-state index in [0.717, 1.165) is 0 Å². The zero-order chi connectivity index (χ0) is 13.3. The Labute approximate surface area is 101 Å². The van der Waals surface area contributed by atoms with Gasteiger partial charge in [-0.05, 0) is 20.3 Å². The lowest BCUT2D eigenvalue weighted by Crippen LogP contribution is -2.35. The lowest BCUT2D eigenvalue weighted by molar-refractivity contribution is -0.138. The molecule has 0 aliphatic rings. The molecule has 0 amide bonds. The van der Waals surface area contributed by atoms with Crippen LogP contribution in [0.5, 0.6) is 0 Å². The predicted octanol–water partition coefficient (Wildman–Crippen LogP) is -0.882. The fourth-order valence-corrected chi connectivity index (χ4v) is 0.977. The molecule has 0 heterocycles. The van der Waals surface area contributed by atoms with Gasteiger partial charge in [0.05, 0.1) is 12.7 Å². The molecule has 0 radical (unpaired) electrons. The number of nitrogens with zero attached hydrogens (tertiary/aromatic N) is 1. The summed E-state index contributed by atoms with van der Waals surface area (Å²) in [5, 5.41) is 11.4. The fourth-order valence-electron chi connectivity index (χ4n) is 0.977. The Balaban J connectivity index is 3.61. The van der Waals surface area contributed by atoms with Crippen molar-refractivity contribution in [1.29, 1.82) is 0 Å². The highest BCUT2D eigenvalue weighted by molar-refractivity contribution is 5.78. The molecule has 100 valence electrons. The molecule has 1 unspecified atom stereocenters. The van der Waals surface area contributed by atoms with Gasteiger partial charge in [-0.15, -0.1) is 0 Å². The van der Waals surface area contributed by atoms with Crippen LogP contribution in [0.1, 0.15) is 20.3 Å². The maximum absolute atomic E-state index is 10.4. The lowest BCUT2D eigenvalue weighted by atomic mass is 10.2. The van der Waals surface area contributed by atoms with Gasteiger partial charge in [0, 0.05) is 13.1 Å². The minimum atomic E-state index is -1.03. The first-order valence-electron chi connectivity index (χ1n) is 5.57. The Morgan fingerprint density at radius 2 is 2.18 bits per heavy atom. The van der Waals surface area contributed by atoms with Crippen LogP contribution >= 0.6 is 0 Å². The van der Waals surface area contributed by atoms with Crippen LogP contribution in [-0.2, 0) is 9.53 Å². The highest BCUT2D eigenvalue weighted by Crippen LogP contribution is 1.89. The van der Waals surface area contributed by atoms with Gasteiger partial charge in [0.1, 0.15) is 6.04 Å². The first-order chi connectivity index (χ1) is 7.93. The van der Waals surface area contributed by atoms with Crippen molar-refractivity contribution in [2.45, 2.75) is 32.4 Å². The number of aliphatic imine (C=N–C) groups is 1. The molecule has 17 heavy (non-hydrogen) atoms. The van der Waals surface area contributed by atoms with Crippen molar-refractivity contribution in [1.82, 2.24) is 5.32 Å². The van der Waals surface area contributed by atoms with Crippen LogP contribution < -0.4 is 16.8 Å². The minimum Gasteiger partial charge on any atom is -0.480 e. The van der Waals surface area contributed by atoms with E-state index in [1.807, 2.05) is 13.8 Å². The number of aliphatic carboxylic acids is 1. The van der Waals surface area contributed by atoms with Gasteiger partial charge < -0.3 is 26.6 Å². The molecule has 7 nitrogen and oxygen atoms in total. The molecule has 0 aliphatic heterocycles. The third-order valence-electron chi connectivity index (χ3n) is 1.90. The van der Waals surface area contributed by atoms with E-state index in [-0.39, 0.29) is 25.0 Å². The third kappa shape index (κ3) is 9.58. The van der Waals surface area contributed by atoms with Crippen LogP contribution in [-0.4, -0.2) is 48.9 Å². The summed E-state index contributed by atoms with van der Waals surface area (Å²) < 4.78 is 5.30. The maximum Gasteiger partial charge on any atom is 0.320 e. The van der Waals surface area contributed by atoms with E-state index in [2.05, 4.69) is 10.3 Å². The molecule has 0 spiro atoms. The lowest BCUT2D eigenvalue weighted by Gasteiger charge is -2.09. The number of carboxylic acid groups (broad SMARTS) is 1. The number of hydrogen-bond acceptors (Lipinski definition) is 4. The summed E-state index contributed by atoms with van der Waals surface area (Å²) in [4.78, 5) is 14.4. The van der Waals surface area contributed by atoms with Crippen molar-refractivity contribution in [3.8, 4) is 0 Å². The molecular formula is C10H22N4O3. The van der Waals surface area contributed by atoms with Gasteiger partial charge in [0.2, 0.25) is 0 Å². The molecule has 1 atom stereocenters. The molecule has 0 aromatic heterocycles. The zero-order valence-corrected chi connectivity index (χ0v) is 10.3. The molecular weight excluding hydrogens is 224 g/mol. The van der Waals surface area contributed by atoms with Gasteiger partial charge in [0.25, 0.3) is 0 Å². The van der Waals surface area contributed by atoms with Crippen molar-refractivity contribution in [2.75, 3.05) is 19.7 Å². The molecule has 6 N–H and O–H groups in total. The molecule has 0 fully saturated rings. The fraction of sp³-hybridized carbons (Fsp3) is 0.800. The molecule has 0 aliphatic carbocycles. The molecule has 0 aromatic carbocycles. The standard InChI is InChI=1S/C10H22N4O3/c1-7(2)17-6-5-14-10(12)13-4-3-8(11)9(15)16/h7-8H,3-6,11H2,1-2H3,(H,15,16)(H3,12,13,14). The van der Waals surface area contributed by atoms with Crippen LogP contribution in [0.3, 0.4) is 0 Å². The Kier molecular flexibility index (Phi) is 8.08. The Morgan fingerprint density at radius 3 is 2.71 bits per heavy atom. The predicted molar refractivity (Wildman–Crippen MR) is 65.8 cm³/mol. The van der Waals surface area contributed by atoms with Crippen molar-refractivity contribution in [3.63, 3.8) is 0 Å². The summed E-state index contributed by atoms with van der Waals surface area (Å²) in [5.41, 5.74) is 10.9. The number of ether oxygens (including phenoxy) is 1. The molecule has 0 rings (SSSR count). The van der Waals surface area contributed by atoms with Crippen molar-refractivity contribution in [2.24, 2.45) is 16.5 Å². The Bertz CT molecular complexity index is 256. The average Bonchev–Trinajstić information content (AvgIpc) is 2.23. The van der Waals surface area contributed by atoms with Gasteiger partial charge in [-0.2, -0.15) is 0 Å². The molecule has 0 bridgehead atoms. The number of nitrogens with one attached hydrogen (secondary N) is 1. The van der Waals surface area contributed by atoms with E-state index in [1.165, 1.54) is 0 Å². The number of carboxylic acids is 1. The summed E-state index contributed by atoms with van der Waals surface area (Å²) in [6, 6.07) is -0.893. The maximum atomic E-state index is 10.4. The van der Waals surface area contributed by atoms with Crippen LogP contribution in [0, 0.1) is 0 Å². The Hall–Kier alpha value is -1.34. The SMILES string of the molecule is CC(C)OCCNC(N)=NCCC(N)C(=O)O. The summed E-state index contributed by atoms with van der Waals surface area (Å²) in [6.07, 6.45) is 0.448. The summed E-state index contributed by atoms with van der Waals surface area (Å²) in [6.45, 7) is 5.30. The number of rotatable bonds is 8. The number of hydrogen-bond donors (Lipinski definition) is 4. The van der Waals surface area contributed by atoms with E-state index in [1.54, 1.807) is 0 Å². The smallest absolute Gasteiger partial charge is 0.320 e. The number of carbonyl (C=O) groups is 1. The first kappa shape index (κ1) is 15.7. The summed E-state index contributed by atoms with van der Waals surface area (Å²) >= 11 is 0. The summed E-state index contributed by atoms with van der Waals surface area (Å²) in [7, 11) is 0. The van der Waals surface area contributed by atoms with E-state index in [0.29, 0.717) is 13.2 Å². The summed E-state index contributed by atoms with van der Waals surface area (Å²) in [5.74, 6) is -0.757.